The molecule has 0 aromatic carbocycles. The predicted molar refractivity (Wildman–Crippen MR) is 67.5 cm³/mol. The Labute approximate surface area is 103 Å². The number of hydrogen-bond acceptors (Lipinski definition) is 2. The van der Waals surface area contributed by atoms with Gasteiger partial charge in [-0.2, -0.15) is 0 Å². The largest absolute Gasteiger partial charge is 0.293 e. The van der Waals surface area contributed by atoms with E-state index in [2.05, 4.69) is 15.9 Å². The Kier molecular flexibility index (Phi) is 3.98. The second kappa shape index (κ2) is 5.26. The molecule has 1 saturated carbocycles. The van der Waals surface area contributed by atoms with Crippen molar-refractivity contribution in [3.05, 3.63) is 20.8 Å². The van der Waals surface area contributed by atoms with Crippen molar-refractivity contribution >= 4 is 33.0 Å². The fourth-order valence-corrected chi connectivity index (χ4v) is 3.58. The third-order valence-corrected chi connectivity index (χ3v) is 4.77. The number of carbonyl (C=O) groups excluding carboxylic acids is 1. The molecule has 1 aliphatic carbocycles. The van der Waals surface area contributed by atoms with Crippen molar-refractivity contribution in [1.29, 1.82) is 0 Å². The monoisotopic (exact) mass is 286 g/mol. The van der Waals surface area contributed by atoms with Crippen LogP contribution in [0.3, 0.4) is 0 Å². The molecule has 3 heteroatoms. The predicted octanol–water partition coefficient (Wildman–Crippen LogP) is 4.66. The summed E-state index contributed by atoms with van der Waals surface area (Å²) in [6, 6.07) is 3.87. The highest BCUT2D eigenvalue weighted by molar-refractivity contribution is 9.11. The summed E-state index contributed by atoms with van der Waals surface area (Å²) < 4.78 is 1.05. The maximum Gasteiger partial charge on any atom is 0.172 e. The Bertz CT molecular complexity index is 339. The number of ketones is 1. The van der Waals surface area contributed by atoms with Gasteiger partial charge in [0.2, 0.25) is 0 Å². The zero-order valence-corrected chi connectivity index (χ0v) is 11.1. The number of halogens is 1. The van der Waals surface area contributed by atoms with Crippen LogP contribution in [0.15, 0.2) is 15.9 Å². The van der Waals surface area contributed by atoms with Gasteiger partial charge in [-0.15, -0.1) is 11.3 Å². The molecule has 0 spiro atoms. The minimum Gasteiger partial charge on any atom is -0.293 e. The van der Waals surface area contributed by atoms with Gasteiger partial charge in [0, 0.05) is 6.42 Å². The lowest BCUT2D eigenvalue weighted by molar-refractivity contribution is 0.0978. The third-order valence-electron chi connectivity index (χ3n) is 3.10. The van der Waals surface area contributed by atoms with E-state index in [0.717, 1.165) is 27.4 Å². The average Bonchev–Trinajstić information content (AvgIpc) is 2.84. The van der Waals surface area contributed by atoms with E-state index < -0.39 is 0 Å². The summed E-state index contributed by atoms with van der Waals surface area (Å²) in [5.41, 5.74) is 0. The maximum absolute atomic E-state index is 11.8. The average molecular weight is 287 g/mol. The van der Waals surface area contributed by atoms with Crippen LogP contribution in [0.2, 0.25) is 0 Å². The van der Waals surface area contributed by atoms with Gasteiger partial charge in [0.05, 0.1) is 8.66 Å². The van der Waals surface area contributed by atoms with Crippen molar-refractivity contribution in [1.82, 2.24) is 0 Å². The SMILES string of the molecule is O=C(CCC1CCCC1)c1ccc(Br)s1. The lowest BCUT2D eigenvalue weighted by Gasteiger charge is -2.06. The Morgan fingerprint density at radius 2 is 2.13 bits per heavy atom. The summed E-state index contributed by atoms with van der Waals surface area (Å²) in [4.78, 5) is 12.7. The van der Waals surface area contributed by atoms with E-state index in [1.165, 1.54) is 25.7 Å². The van der Waals surface area contributed by atoms with E-state index in [1.54, 1.807) is 11.3 Å². The van der Waals surface area contributed by atoms with Gasteiger partial charge < -0.3 is 0 Å². The molecule has 0 amide bonds. The molecule has 15 heavy (non-hydrogen) atoms. The molecular weight excluding hydrogens is 272 g/mol. The van der Waals surface area contributed by atoms with E-state index in [-0.39, 0.29) is 0 Å². The van der Waals surface area contributed by atoms with Gasteiger partial charge in [0.25, 0.3) is 0 Å². The van der Waals surface area contributed by atoms with Gasteiger partial charge in [0.15, 0.2) is 5.78 Å². The van der Waals surface area contributed by atoms with Crippen LogP contribution in [0.1, 0.15) is 48.2 Å². The smallest absolute Gasteiger partial charge is 0.172 e. The highest BCUT2D eigenvalue weighted by Crippen LogP contribution is 2.30. The summed E-state index contributed by atoms with van der Waals surface area (Å²) in [6.07, 6.45) is 7.22. The van der Waals surface area contributed by atoms with Crippen LogP contribution in [0.25, 0.3) is 0 Å². The molecular formula is C12H15BrOS. The molecule has 0 bridgehead atoms. The molecule has 2 rings (SSSR count). The number of carbonyl (C=O) groups is 1. The van der Waals surface area contributed by atoms with Crippen molar-refractivity contribution in [2.45, 2.75) is 38.5 Å². The number of thiophene rings is 1. The van der Waals surface area contributed by atoms with Crippen molar-refractivity contribution in [3.63, 3.8) is 0 Å². The van der Waals surface area contributed by atoms with E-state index in [1.807, 2.05) is 12.1 Å². The van der Waals surface area contributed by atoms with Crippen LogP contribution in [-0.4, -0.2) is 5.78 Å². The van der Waals surface area contributed by atoms with Crippen LogP contribution in [-0.2, 0) is 0 Å². The molecule has 0 unspecified atom stereocenters. The molecule has 1 nitrogen and oxygen atoms in total. The molecule has 0 N–H and O–H groups in total. The third kappa shape index (κ3) is 3.15. The Hall–Kier alpha value is -0.150. The van der Waals surface area contributed by atoms with E-state index in [0.29, 0.717) is 5.78 Å². The van der Waals surface area contributed by atoms with Crippen molar-refractivity contribution in [2.75, 3.05) is 0 Å². The lowest BCUT2D eigenvalue weighted by atomic mass is 10.00. The summed E-state index contributed by atoms with van der Waals surface area (Å²) >= 11 is 4.93. The van der Waals surface area contributed by atoms with Gasteiger partial charge in [-0.25, -0.2) is 0 Å². The Morgan fingerprint density at radius 1 is 1.40 bits per heavy atom. The van der Waals surface area contributed by atoms with Crippen molar-refractivity contribution in [2.24, 2.45) is 5.92 Å². The van der Waals surface area contributed by atoms with Crippen LogP contribution < -0.4 is 0 Å². The fraction of sp³-hybridized carbons (Fsp3) is 0.583. The number of hydrogen-bond donors (Lipinski definition) is 0. The standard InChI is InChI=1S/C12H15BrOS/c13-12-8-7-11(15-12)10(14)6-5-9-3-1-2-4-9/h7-9H,1-6H2. The fourth-order valence-electron chi connectivity index (χ4n) is 2.22. The Morgan fingerprint density at radius 3 is 2.73 bits per heavy atom. The number of rotatable bonds is 4. The first-order chi connectivity index (χ1) is 7.25. The van der Waals surface area contributed by atoms with Crippen LogP contribution >= 0.6 is 27.3 Å². The second-order valence-corrected chi connectivity index (χ2v) is 6.68. The molecule has 1 fully saturated rings. The summed E-state index contributed by atoms with van der Waals surface area (Å²) in [6.45, 7) is 0. The first-order valence-corrected chi connectivity index (χ1v) is 7.15. The van der Waals surface area contributed by atoms with Crippen molar-refractivity contribution < 1.29 is 4.79 Å². The first-order valence-electron chi connectivity index (χ1n) is 5.54. The zero-order valence-electron chi connectivity index (χ0n) is 8.67. The Balaban J connectivity index is 1.81. The minimum absolute atomic E-state index is 0.317. The van der Waals surface area contributed by atoms with Gasteiger partial charge in [0.1, 0.15) is 0 Å². The molecule has 82 valence electrons. The second-order valence-electron chi connectivity index (χ2n) is 4.22. The van der Waals surface area contributed by atoms with Crippen LogP contribution in [0, 0.1) is 5.92 Å². The molecule has 0 aliphatic heterocycles. The van der Waals surface area contributed by atoms with E-state index >= 15 is 0 Å². The topological polar surface area (TPSA) is 17.1 Å². The molecule has 0 atom stereocenters. The van der Waals surface area contributed by atoms with Crippen LogP contribution in [0.5, 0.6) is 0 Å². The normalized spacial score (nSPS) is 17.1. The molecule has 0 radical (unpaired) electrons. The van der Waals surface area contributed by atoms with E-state index in [9.17, 15) is 4.79 Å². The molecule has 0 saturated heterocycles. The first kappa shape index (κ1) is 11.3. The minimum atomic E-state index is 0.317. The van der Waals surface area contributed by atoms with E-state index in [4.69, 9.17) is 0 Å². The molecule has 1 heterocycles. The van der Waals surface area contributed by atoms with Gasteiger partial charge in [-0.1, -0.05) is 25.7 Å². The molecule has 1 aromatic heterocycles. The highest BCUT2D eigenvalue weighted by Gasteiger charge is 2.17. The summed E-state index contributed by atoms with van der Waals surface area (Å²) in [5.74, 6) is 1.13. The maximum atomic E-state index is 11.8. The summed E-state index contributed by atoms with van der Waals surface area (Å²) in [5, 5.41) is 0. The van der Waals surface area contributed by atoms with Gasteiger partial charge >= 0.3 is 0 Å². The van der Waals surface area contributed by atoms with Gasteiger partial charge in [-0.3, -0.25) is 4.79 Å². The lowest BCUT2D eigenvalue weighted by Crippen LogP contribution is -2.00. The molecule has 1 aromatic rings. The number of Topliss-reactive ketones (excluding diaryl/α,β-unsaturated/α-hetero) is 1. The quantitative estimate of drug-likeness (QED) is 0.736. The van der Waals surface area contributed by atoms with Gasteiger partial charge in [-0.05, 0) is 40.4 Å². The molecule has 1 aliphatic rings. The van der Waals surface area contributed by atoms with Crippen molar-refractivity contribution in [3.8, 4) is 0 Å². The van der Waals surface area contributed by atoms with Crippen LogP contribution in [0.4, 0.5) is 0 Å². The zero-order chi connectivity index (χ0) is 10.7. The highest BCUT2D eigenvalue weighted by atomic mass is 79.9. The summed E-state index contributed by atoms with van der Waals surface area (Å²) in [7, 11) is 0.